The first-order valence-electron chi connectivity index (χ1n) is 11.5. The lowest BCUT2D eigenvalue weighted by atomic mass is 9.82. The molecule has 1 aliphatic heterocycles. The van der Waals surface area contributed by atoms with Crippen LogP contribution in [0.3, 0.4) is 0 Å². The number of hydrogen-bond donors (Lipinski definition) is 1. The molecule has 3 heterocycles. The summed E-state index contributed by atoms with van der Waals surface area (Å²) in [6.45, 7) is 2.55. The highest BCUT2D eigenvalue weighted by atomic mass is 16.5. The number of nitrogens with zero attached hydrogens (tertiary/aromatic N) is 5. The Morgan fingerprint density at radius 2 is 2.00 bits per heavy atom. The zero-order valence-electron chi connectivity index (χ0n) is 18.2. The monoisotopic (exact) mass is 420 g/mol. The number of hydrogen-bond acceptors (Lipinski definition) is 6. The number of aryl methyl sites for hydroxylation is 1. The third kappa shape index (κ3) is 4.43. The fourth-order valence-electron chi connectivity index (χ4n) is 5.16. The average molecular weight is 421 g/mol. The van der Waals surface area contributed by atoms with E-state index in [0.717, 1.165) is 44.8 Å². The molecule has 7 heteroatoms. The highest BCUT2D eigenvalue weighted by Gasteiger charge is 2.30. The Balaban J connectivity index is 1.13. The molecule has 0 radical (unpaired) electrons. The fraction of sp³-hybridized carbons (Fsp3) is 0.542. The van der Waals surface area contributed by atoms with Gasteiger partial charge in [-0.3, -0.25) is 4.68 Å². The van der Waals surface area contributed by atoms with E-state index in [-0.39, 0.29) is 6.04 Å². The van der Waals surface area contributed by atoms with Crippen LogP contribution in [-0.4, -0.2) is 51.8 Å². The number of fused-ring (bicyclic) bond motifs is 1. The number of piperidine rings is 1. The molecule has 0 bridgehead atoms. The van der Waals surface area contributed by atoms with Crippen molar-refractivity contribution in [1.82, 2.24) is 20.0 Å². The number of anilines is 1. The summed E-state index contributed by atoms with van der Waals surface area (Å²) in [5.41, 5.74) is 9.06. The normalized spacial score (nSPS) is 27.0. The Labute approximate surface area is 183 Å². The molecule has 0 unspecified atom stereocenters. The van der Waals surface area contributed by atoms with E-state index in [1.54, 1.807) is 6.20 Å². The van der Waals surface area contributed by atoms with Crippen LogP contribution in [0.4, 0.5) is 5.82 Å². The summed E-state index contributed by atoms with van der Waals surface area (Å²) in [5, 5.41) is 13.9. The zero-order chi connectivity index (χ0) is 21.2. The van der Waals surface area contributed by atoms with Gasteiger partial charge in [-0.15, -0.1) is 5.10 Å². The summed E-state index contributed by atoms with van der Waals surface area (Å²) >= 11 is 0. The van der Waals surface area contributed by atoms with E-state index in [9.17, 15) is 0 Å². The van der Waals surface area contributed by atoms with Crippen LogP contribution >= 0.6 is 0 Å². The van der Waals surface area contributed by atoms with Gasteiger partial charge in [0.1, 0.15) is 0 Å². The van der Waals surface area contributed by atoms with E-state index in [1.807, 2.05) is 30.1 Å². The summed E-state index contributed by atoms with van der Waals surface area (Å²) in [6.07, 6.45) is 9.58. The Kier molecular flexibility index (Phi) is 5.87. The van der Waals surface area contributed by atoms with Gasteiger partial charge in [0, 0.05) is 43.7 Å². The quantitative estimate of drug-likeness (QED) is 0.682. The highest BCUT2D eigenvalue weighted by molar-refractivity contribution is 5.79. The van der Waals surface area contributed by atoms with Gasteiger partial charge < -0.3 is 15.4 Å². The van der Waals surface area contributed by atoms with Gasteiger partial charge in [0.05, 0.1) is 24.4 Å². The van der Waals surface area contributed by atoms with Gasteiger partial charge in [-0.2, -0.15) is 10.2 Å². The van der Waals surface area contributed by atoms with Gasteiger partial charge >= 0.3 is 0 Å². The van der Waals surface area contributed by atoms with E-state index in [0.29, 0.717) is 17.9 Å². The van der Waals surface area contributed by atoms with E-state index < -0.39 is 0 Å². The minimum Gasteiger partial charge on any atom is -0.378 e. The molecule has 2 atom stereocenters. The lowest BCUT2D eigenvalue weighted by Gasteiger charge is -2.38. The molecule has 2 fully saturated rings. The SMILES string of the molecule is Cn1ncc2cc(C3CCC(OC[C@@H]4CN(c5cccnn5)CC[C@@H]4N)CC3)ccc21. The lowest BCUT2D eigenvalue weighted by Crippen LogP contribution is -2.49. The van der Waals surface area contributed by atoms with Crippen molar-refractivity contribution in [2.45, 2.75) is 50.2 Å². The number of rotatable bonds is 5. The van der Waals surface area contributed by atoms with Crippen LogP contribution in [0.2, 0.25) is 0 Å². The van der Waals surface area contributed by atoms with Crippen molar-refractivity contribution < 1.29 is 4.74 Å². The molecule has 2 aliphatic rings. The van der Waals surface area contributed by atoms with Crippen molar-refractivity contribution in [1.29, 1.82) is 0 Å². The molecule has 0 amide bonds. The topological polar surface area (TPSA) is 82.1 Å². The first kappa shape index (κ1) is 20.4. The van der Waals surface area contributed by atoms with Crippen LogP contribution in [0.1, 0.15) is 43.6 Å². The van der Waals surface area contributed by atoms with Crippen molar-refractivity contribution >= 4 is 16.7 Å². The van der Waals surface area contributed by atoms with E-state index in [2.05, 4.69) is 38.4 Å². The van der Waals surface area contributed by atoms with Crippen LogP contribution in [0.25, 0.3) is 10.9 Å². The van der Waals surface area contributed by atoms with Crippen molar-refractivity contribution in [3.63, 3.8) is 0 Å². The molecule has 164 valence electrons. The molecule has 3 aromatic rings. The summed E-state index contributed by atoms with van der Waals surface area (Å²) in [6, 6.07) is 10.9. The van der Waals surface area contributed by atoms with Gasteiger partial charge in [-0.1, -0.05) is 6.07 Å². The minimum atomic E-state index is 0.190. The highest BCUT2D eigenvalue weighted by Crippen LogP contribution is 2.35. The van der Waals surface area contributed by atoms with E-state index >= 15 is 0 Å². The number of aromatic nitrogens is 4. The molecule has 2 N–H and O–H groups in total. The van der Waals surface area contributed by atoms with Crippen molar-refractivity contribution in [3.8, 4) is 0 Å². The van der Waals surface area contributed by atoms with Gasteiger partial charge in [0.25, 0.3) is 0 Å². The second kappa shape index (κ2) is 8.93. The number of ether oxygens (including phenoxy) is 1. The number of benzene rings is 1. The predicted molar refractivity (Wildman–Crippen MR) is 122 cm³/mol. The first-order valence-corrected chi connectivity index (χ1v) is 11.5. The van der Waals surface area contributed by atoms with Crippen LogP contribution in [-0.2, 0) is 11.8 Å². The van der Waals surface area contributed by atoms with Gasteiger partial charge in [-0.05, 0) is 67.9 Å². The molecule has 1 aliphatic carbocycles. The minimum absolute atomic E-state index is 0.190. The summed E-state index contributed by atoms with van der Waals surface area (Å²) in [5.74, 6) is 1.89. The molecule has 5 rings (SSSR count). The summed E-state index contributed by atoms with van der Waals surface area (Å²) in [7, 11) is 2.00. The molecule has 1 saturated carbocycles. The van der Waals surface area contributed by atoms with Crippen LogP contribution < -0.4 is 10.6 Å². The van der Waals surface area contributed by atoms with Crippen molar-refractivity contribution in [2.24, 2.45) is 18.7 Å². The molecule has 2 aromatic heterocycles. The first-order chi connectivity index (χ1) is 15.2. The van der Waals surface area contributed by atoms with Gasteiger partial charge in [0.15, 0.2) is 5.82 Å². The summed E-state index contributed by atoms with van der Waals surface area (Å²) in [4.78, 5) is 2.29. The van der Waals surface area contributed by atoms with Gasteiger partial charge in [0.2, 0.25) is 0 Å². The molecule has 31 heavy (non-hydrogen) atoms. The molecular weight excluding hydrogens is 388 g/mol. The maximum atomic E-state index is 6.43. The smallest absolute Gasteiger partial charge is 0.151 e. The van der Waals surface area contributed by atoms with Crippen LogP contribution in [0.5, 0.6) is 0 Å². The Morgan fingerprint density at radius 3 is 2.81 bits per heavy atom. The fourth-order valence-corrected chi connectivity index (χ4v) is 5.16. The maximum absolute atomic E-state index is 6.43. The molecule has 1 aromatic carbocycles. The van der Waals surface area contributed by atoms with Crippen molar-refractivity contribution in [2.75, 3.05) is 24.6 Å². The second-order valence-electron chi connectivity index (χ2n) is 9.13. The third-order valence-electron chi connectivity index (χ3n) is 7.14. The molecule has 7 nitrogen and oxygen atoms in total. The van der Waals surface area contributed by atoms with Crippen LogP contribution in [0, 0.1) is 5.92 Å². The average Bonchev–Trinajstić information content (AvgIpc) is 3.19. The van der Waals surface area contributed by atoms with Crippen LogP contribution in [0.15, 0.2) is 42.7 Å². The standard InChI is InChI=1S/C24H32N6O/c1-29-23-9-6-18(13-19(23)14-27-29)17-4-7-21(8-5-17)31-16-20-15-30(12-10-22(20)25)24-3-2-11-26-28-24/h2-3,6,9,11,13-14,17,20-22H,4-5,7-8,10,12,15-16,25H2,1H3/t17?,20-,21?,22-/m0/s1. The van der Waals surface area contributed by atoms with Crippen molar-refractivity contribution in [3.05, 3.63) is 48.3 Å². The second-order valence-corrected chi connectivity index (χ2v) is 9.13. The molecular formula is C24H32N6O. The van der Waals surface area contributed by atoms with Gasteiger partial charge in [-0.25, -0.2) is 0 Å². The summed E-state index contributed by atoms with van der Waals surface area (Å²) < 4.78 is 8.31. The Bertz CT molecular complexity index is 998. The Hall–Kier alpha value is -2.51. The van der Waals surface area contributed by atoms with E-state index in [4.69, 9.17) is 10.5 Å². The third-order valence-corrected chi connectivity index (χ3v) is 7.14. The molecule has 0 spiro atoms. The predicted octanol–water partition coefficient (Wildman–Crippen LogP) is 3.26. The zero-order valence-corrected chi connectivity index (χ0v) is 18.2. The number of nitrogens with two attached hydrogens (primary N) is 1. The Morgan fingerprint density at radius 1 is 1.13 bits per heavy atom. The largest absolute Gasteiger partial charge is 0.378 e. The molecule has 1 saturated heterocycles. The van der Waals surface area contributed by atoms with E-state index in [1.165, 1.54) is 29.3 Å². The maximum Gasteiger partial charge on any atom is 0.151 e. The lowest BCUT2D eigenvalue weighted by molar-refractivity contribution is -0.00101.